The van der Waals surface area contributed by atoms with Crippen LogP contribution in [0.4, 0.5) is 20.2 Å². The van der Waals surface area contributed by atoms with Crippen molar-refractivity contribution in [1.82, 2.24) is 0 Å². The molecule has 2 aromatic carbocycles. The number of rotatable bonds is 5. The van der Waals surface area contributed by atoms with Crippen LogP contribution in [-0.2, 0) is 14.6 Å². The fourth-order valence-corrected chi connectivity index (χ4v) is 6.46. The molecule has 162 valence electrons. The van der Waals surface area contributed by atoms with E-state index in [1.165, 1.54) is 19.0 Å². The third-order valence-corrected chi connectivity index (χ3v) is 8.34. The lowest BCUT2D eigenvalue weighted by Gasteiger charge is -2.28. The van der Waals surface area contributed by atoms with Crippen molar-refractivity contribution in [2.45, 2.75) is 49.2 Å². The van der Waals surface area contributed by atoms with Crippen molar-refractivity contribution in [3.8, 4) is 0 Å². The Kier molecular flexibility index (Phi) is 5.91. The summed E-state index contributed by atoms with van der Waals surface area (Å²) in [5.74, 6) is -2.43. The van der Waals surface area contributed by atoms with Crippen LogP contribution in [-0.4, -0.2) is 33.2 Å². The predicted octanol–water partition coefficient (Wildman–Crippen LogP) is 4.37. The summed E-state index contributed by atoms with van der Waals surface area (Å²) in [4.78, 5) is 14.7. The molecule has 0 spiro atoms. The van der Waals surface area contributed by atoms with E-state index in [0.717, 1.165) is 17.7 Å². The van der Waals surface area contributed by atoms with Crippen LogP contribution in [0.3, 0.4) is 0 Å². The van der Waals surface area contributed by atoms with Crippen LogP contribution < -0.4 is 10.2 Å². The van der Waals surface area contributed by atoms with Crippen LogP contribution in [0.2, 0.25) is 0 Å². The SMILES string of the molecule is Cc1ccc(C)c(S(=O)(=O)C2(C(=O)Nc3cc(F)c(N(C)C)c(F)c3)CCCC2)c1. The summed E-state index contributed by atoms with van der Waals surface area (Å²) in [6.45, 7) is 3.48. The molecule has 1 aliphatic rings. The van der Waals surface area contributed by atoms with Gasteiger partial charge in [0.2, 0.25) is 5.91 Å². The molecule has 0 heterocycles. The van der Waals surface area contributed by atoms with Crippen LogP contribution >= 0.6 is 0 Å². The summed E-state index contributed by atoms with van der Waals surface area (Å²) >= 11 is 0. The van der Waals surface area contributed by atoms with E-state index in [9.17, 15) is 22.0 Å². The van der Waals surface area contributed by atoms with Crippen molar-refractivity contribution in [3.05, 3.63) is 53.1 Å². The number of hydrogen-bond donors (Lipinski definition) is 1. The monoisotopic (exact) mass is 436 g/mol. The van der Waals surface area contributed by atoms with E-state index in [2.05, 4.69) is 5.32 Å². The van der Waals surface area contributed by atoms with Gasteiger partial charge in [-0.25, -0.2) is 17.2 Å². The number of amides is 1. The number of sulfone groups is 1. The number of halogens is 2. The second-order valence-electron chi connectivity index (χ2n) is 8.11. The molecule has 0 bridgehead atoms. The van der Waals surface area contributed by atoms with Gasteiger partial charge in [0.15, 0.2) is 26.2 Å². The van der Waals surface area contributed by atoms with Gasteiger partial charge >= 0.3 is 0 Å². The van der Waals surface area contributed by atoms with Gasteiger partial charge in [-0.1, -0.05) is 25.0 Å². The summed E-state index contributed by atoms with van der Waals surface area (Å²) in [5, 5.41) is 2.47. The number of benzene rings is 2. The quantitative estimate of drug-likeness (QED) is 0.756. The molecule has 0 radical (unpaired) electrons. The molecule has 0 saturated heterocycles. The maximum Gasteiger partial charge on any atom is 0.246 e. The standard InChI is InChI=1S/C22H26F2N2O3S/c1-14-7-8-15(2)19(11-14)30(28,29)22(9-5-6-10-22)21(27)25-16-12-17(23)20(26(3)4)18(24)13-16/h7-8,11-13H,5-6,9-10H2,1-4H3,(H,25,27). The van der Waals surface area contributed by atoms with Crippen LogP contribution in [0.5, 0.6) is 0 Å². The second kappa shape index (κ2) is 7.98. The van der Waals surface area contributed by atoms with Gasteiger partial charge in [0.1, 0.15) is 5.69 Å². The zero-order valence-corrected chi connectivity index (χ0v) is 18.4. The third-order valence-electron chi connectivity index (χ3n) is 5.69. The number of carbonyl (C=O) groups excluding carboxylic acids is 1. The van der Waals surface area contributed by atoms with Gasteiger partial charge in [-0.3, -0.25) is 4.79 Å². The molecule has 1 N–H and O–H groups in total. The van der Waals surface area contributed by atoms with E-state index < -0.39 is 32.1 Å². The first-order valence-corrected chi connectivity index (χ1v) is 11.3. The minimum Gasteiger partial charge on any atom is -0.373 e. The first-order valence-electron chi connectivity index (χ1n) is 9.79. The van der Waals surface area contributed by atoms with E-state index in [1.807, 2.05) is 6.07 Å². The van der Waals surface area contributed by atoms with Gasteiger partial charge in [0, 0.05) is 19.8 Å². The summed E-state index contributed by atoms with van der Waals surface area (Å²) < 4.78 is 54.2. The Morgan fingerprint density at radius 3 is 2.13 bits per heavy atom. The van der Waals surface area contributed by atoms with Crippen LogP contribution in [0.25, 0.3) is 0 Å². The molecule has 30 heavy (non-hydrogen) atoms. The Balaban J connectivity index is 2.03. The number of nitrogens with one attached hydrogen (secondary N) is 1. The Labute approximate surface area is 176 Å². The van der Waals surface area contributed by atoms with Gasteiger partial charge < -0.3 is 10.2 Å². The average Bonchev–Trinajstić information content (AvgIpc) is 3.14. The molecule has 8 heteroatoms. The van der Waals surface area contributed by atoms with Crippen LogP contribution in [0, 0.1) is 25.5 Å². The van der Waals surface area contributed by atoms with Gasteiger partial charge in [-0.2, -0.15) is 0 Å². The molecule has 0 atom stereocenters. The molecule has 5 nitrogen and oxygen atoms in total. The Hall–Kier alpha value is -2.48. The maximum atomic E-state index is 14.3. The highest BCUT2D eigenvalue weighted by molar-refractivity contribution is 7.93. The molecule has 0 unspecified atom stereocenters. The molecular formula is C22H26F2N2O3S. The van der Waals surface area contributed by atoms with E-state index in [0.29, 0.717) is 18.4 Å². The smallest absolute Gasteiger partial charge is 0.246 e. The van der Waals surface area contributed by atoms with Crippen molar-refractivity contribution in [3.63, 3.8) is 0 Å². The van der Waals surface area contributed by atoms with Crippen LogP contribution in [0.15, 0.2) is 35.2 Å². The van der Waals surface area contributed by atoms with E-state index in [4.69, 9.17) is 0 Å². The number of carbonyl (C=O) groups is 1. The third kappa shape index (κ3) is 3.69. The summed E-state index contributed by atoms with van der Waals surface area (Å²) in [6, 6.07) is 7.11. The molecule has 3 rings (SSSR count). The van der Waals surface area contributed by atoms with Gasteiger partial charge in [0.25, 0.3) is 0 Å². The van der Waals surface area contributed by atoms with E-state index in [-0.39, 0.29) is 29.1 Å². The molecular weight excluding hydrogens is 410 g/mol. The van der Waals surface area contributed by atoms with Gasteiger partial charge in [0.05, 0.1) is 4.90 Å². The van der Waals surface area contributed by atoms with Crippen LogP contribution in [0.1, 0.15) is 36.8 Å². The first-order chi connectivity index (χ1) is 14.0. The highest BCUT2D eigenvalue weighted by Crippen LogP contribution is 2.42. The topological polar surface area (TPSA) is 66.5 Å². The van der Waals surface area contributed by atoms with Gasteiger partial charge in [-0.05, 0) is 56.0 Å². The average molecular weight is 437 g/mol. The second-order valence-corrected chi connectivity index (χ2v) is 10.3. The van der Waals surface area contributed by atoms with Gasteiger partial charge in [-0.15, -0.1) is 0 Å². The van der Waals surface area contributed by atoms with Crippen molar-refractivity contribution < 1.29 is 22.0 Å². The van der Waals surface area contributed by atoms with Crippen molar-refractivity contribution in [1.29, 1.82) is 0 Å². The molecule has 1 fully saturated rings. The summed E-state index contributed by atoms with van der Waals surface area (Å²) in [6.07, 6.45) is 1.49. The number of aryl methyl sites for hydroxylation is 2. The highest BCUT2D eigenvalue weighted by Gasteiger charge is 2.53. The molecule has 1 amide bonds. The fraction of sp³-hybridized carbons (Fsp3) is 0.409. The Morgan fingerprint density at radius 2 is 1.60 bits per heavy atom. The minimum atomic E-state index is -4.02. The van der Waals surface area contributed by atoms with Crippen molar-refractivity contribution in [2.24, 2.45) is 0 Å². The molecule has 0 aromatic heterocycles. The lowest BCUT2D eigenvalue weighted by atomic mass is 10.1. The number of nitrogens with zero attached hydrogens (tertiary/aromatic N) is 1. The Bertz CT molecular complexity index is 1070. The first kappa shape index (κ1) is 22.2. The normalized spacial score (nSPS) is 15.8. The number of anilines is 2. The van der Waals surface area contributed by atoms with E-state index >= 15 is 0 Å². The molecule has 0 aliphatic heterocycles. The summed E-state index contributed by atoms with van der Waals surface area (Å²) in [7, 11) is -1.01. The molecule has 1 aliphatic carbocycles. The molecule has 1 saturated carbocycles. The summed E-state index contributed by atoms with van der Waals surface area (Å²) in [5.41, 5.74) is 0.998. The predicted molar refractivity (Wildman–Crippen MR) is 114 cm³/mol. The zero-order valence-electron chi connectivity index (χ0n) is 17.6. The Morgan fingerprint density at radius 1 is 1.03 bits per heavy atom. The minimum absolute atomic E-state index is 0.108. The maximum absolute atomic E-state index is 14.3. The molecule has 2 aromatic rings. The van der Waals surface area contributed by atoms with E-state index in [1.54, 1.807) is 26.0 Å². The number of hydrogen-bond acceptors (Lipinski definition) is 4. The van der Waals surface area contributed by atoms with Crippen molar-refractivity contribution in [2.75, 3.05) is 24.3 Å². The highest BCUT2D eigenvalue weighted by atomic mass is 32.2. The lowest BCUT2D eigenvalue weighted by molar-refractivity contribution is -0.118. The fourth-order valence-electron chi connectivity index (χ4n) is 4.08. The van der Waals surface area contributed by atoms with Crippen molar-refractivity contribution >= 4 is 27.1 Å². The largest absolute Gasteiger partial charge is 0.373 e. The zero-order chi connectivity index (χ0) is 22.3. The lowest BCUT2D eigenvalue weighted by Crippen LogP contribution is -2.47.